The van der Waals surface area contributed by atoms with Gasteiger partial charge in [-0.2, -0.15) is 0 Å². The second-order valence-corrected chi connectivity index (χ2v) is 6.02. The molecular weight excluding hydrogens is 313 g/mol. The van der Waals surface area contributed by atoms with Gasteiger partial charge in [-0.25, -0.2) is 0 Å². The molecule has 1 nitrogen and oxygen atoms in total. The number of hydrogen-bond donors (Lipinski definition) is 0. The van der Waals surface area contributed by atoms with Crippen molar-refractivity contribution in [3.63, 3.8) is 0 Å². The summed E-state index contributed by atoms with van der Waals surface area (Å²) in [6.07, 6.45) is 1.14. The minimum Gasteiger partial charge on any atom is -0.406 e. The van der Waals surface area contributed by atoms with Gasteiger partial charge >= 0.3 is 6.36 Å². The lowest BCUT2D eigenvalue weighted by molar-refractivity contribution is -0.274. The van der Waals surface area contributed by atoms with E-state index in [9.17, 15) is 13.2 Å². The van der Waals surface area contributed by atoms with Crippen molar-refractivity contribution in [2.75, 3.05) is 0 Å². The summed E-state index contributed by atoms with van der Waals surface area (Å²) in [5.41, 5.74) is 5.57. The van der Waals surface area contributed by atoms with E-state index in [1.54, 1.807) is 6.07 Å². The number of halogens is 3. The fourth-order valence-electron chi connectivity index (χ4n) is 3.07. The van der Waals surface area contributed by atoms with Crippen LogP contribution in [0.25, 0.3) is 11.6 Å². The van der Waals surface area contributed by atoms with Crippen LogP contribution in [-0.4, -0.2) is 6.36 Å². The maximum Gasteiger partial charge on any atom is 0.573 e. The minimum absolute atomic E-state index is 0.151. The second kappa shape index (κ2) is 6.71. The van der Waals surface area contributed by atoms with Crippen molar-refractivity contribution in [1.82, 2.24) is 0 Å². The summed E-state index contributed by atoms with van der Waals surface area (Å²) in [7, 11) is 0. The first-order chi connectivity index (χ1) is 11.4. The van der Waals surface area contributed by atoms with Gasteiger partial charge < -0.3 is 4.74 Å². The Kier molecular flexibility index (Phi) is 4.65. The smallest absolute Gasteiger partial charge is 0.406 e. The molecule has 2 aromatic carbocycles. The van der Waals surface area contributed by atoms with Crippen molar-refractivity contribution in [3.8, 4) is 5.75 Å². The van der Waals surface area contributed by atoms with E-state index in [4.69, 9.17) is 0 Å². The van der Waals surface area contributed by atoms with Crippen LogP contribution in [0.5, 0.6) is 5.75 Å². The lowest BCUT2D eigenvalue weighted by Gasteiger charge is -2.18. The van der Waals surface area contributed by atoms with Crippen molar-refractivity contribution in [2.45, 2.75) is 39.0 Å². The molecule has 0 spiro atoms. The maximum atomic E-state index is 12.3. The zero-order valence-corrected chi connectivity index (χ0v) is 13.5. The standard InChI is InChI=1S/C20H19F3O/c1-2-3-14-4-6-15(7-5-14)16-8-9-18-13-19(24-20(21,22)23)11-10-17(18)12-16/h4-7,10-13H,2-3,8-9H2,1H3. The van der Waals surface area contributed by atoms with E-state index >= 15 is 0 Å². The summed E-state index contributed by atoms with van der Waals surface area (Å²) >= 11 is 0. The summed E-state index contributed by atoms with van der Waals surface area (Å²) in [6, 6.07) is 13.1. The Morgan fingerprint density at radius 2 is 1.75 bits per heavy atom. The third-order valence-corrected chi connectivity index (χ3v) is 4.20. The maximum absolute atomic E-state index is 12.3. The van der Waals surface area contributed by atoms with E-state index in [0.717, 1.165) is 30.4 Å². The first-order valence-electron chi connectivity index (χ1n) is 8.13. The number of aryl methyl sites for hydroxylation is 2. The molecular formula is C20H19F3O. The molecule has 0 amide bonds. The number of fused-ring (bicyclic) bond motifs is 1. The Labute approximate surface area is 139 Å². The van der Waals surface area contributed by atoms with Gasteiger partial charge in [0, 0.05) is 0 Å². The first-order valence-corrected chi connectivity index (χ1v) is 8.13. The highest BCUT2D eigenvalue weighted by molar-refractivity contribution is 5.84. The van der Waals surface area contributed by atoms with Gasteiger partial charge in [0.15, 0.2) is 0 Å². The fraction of sp³-hybridized carbons (Fsp3) is 0.300. The molecule has 0 bridgehead atoms. The van der Waals surface area contributed by atoms with Crippen LogP contribution in [0.4, 0.5) is 13.2 Å². The van der Waals surface area contributed by atoms with Gasteiger partial charge in [-0.1, -0.05) is 49.8 Å². The largest absolute Gasteiger partial charge is 0.573 e. The summed E-state index contributed by atoms with van der Waals surface area (Å²) < 4.78 is 40.9. The molecule has 0 heterocycles. The molecule has 0 radical (unpaired) electrons. The molecule has 0 fully saturated rings. The Bertz CT molecular complexity index is 742. The molecule has 0 atom stereocenters. The molecule has 126 valence electrons. The molecule has 0 saturated carbocycles. The van der Waals surface area contributed by atoms with Crippen LogP contribution in [0.3, 0.4) is 0 Å². The van der Waals surface area contributed by atoms with Crippen LogP contribution in [0, 0.1) is 0 Å². The third-order valence-electron chi connectivity index (χ3n) is 4.20. The fourth-order valence-corrected chi connectivity index (χ4v) is 3.07. The Hall–Kier alpha value is -2.23. The number of ether oxygens (including phenoxy) is 1. The predicted octanol–water partition coefficient (Wildman–Crippen LogP) is 6.02. The normalized spacial score (nSPS) is 14.1. The van der Waals surface area contributed by atoms with E-state index in [1.165, 1.54) is 28.8 Å². The molecule has 2 aromatic rings. The molecule has 24 heavy (non-hydrogen) atoms. The predicted molar refractivity (Wildman–Crippen MR) is 89.8 cm³/mol. The average Bonchev–Trinajstić information content (AvgIpc) is 2.54. The minimum atomic E-state index is -4.65. The second-order valence-electron chi connectivity index (χ2n) is 6.02. The van der Waals surface area contributed by atoms with Gasteiger partial charge in [-0.05, 0) is 59.2 Å². The quantitative estimate of drug-likeness (QED) is 0.665. The number of allylic oxidation sites excluding steroid dienone is 1. The van der Waals surface area contributed by atoms with Crippen molar-refractivity contribution >= 4 is 11.6 Å². The molecule has 1 aliphatic carbocycles. The van der Waals surface area contributed by atoms with Gasteiger partial charge in [0.05, 0.1) is 0 Å². The zero-order valence-electron chi connectivity index (χ0n) is 13.5. The molecule has 0 unspecified atom stereocenters. The highest BCUT2D eigenvalue weighted by atomic mass is 19.4. The summed E-state index contributed by atoms with van der Waals surface area (Å²) in [4.78, 5) is 0. The van der Waals surface area contributed by atoms with Crippen molar-refractivity contribution in [2.24, 2.45) is 0 Å². The van der Waals surface area contributed by atoms with Crippen molar-refractivity contribution in [1.29, 1.82) is 0 Å². The Morgan fingerprint density at radius 3 is 2.42 bits per heavy atom. The van der Waals surface area contributed by atoms with Crippen molar-refractivity contribution in [3.05, 3.63) is 64.7 Å². The highest BCUT2D eigenvalue weighted by Gasteiger charge is 2.31. The summed E-state index contributed by atoms with van der Waals surface area (Å²) in [6.45, 7) is 2.16. The van der Waals surface area contributed by atoms with Gasteiger partial charge in [0.1, 0.15) is 5.75 Å². The number of hydrogen-bond acceptors (Lipinski definition) is 1. The molecule has 1 aliphatic rings. The lowest BCUT2D eigenvalue weighted by atomic mass is 9.88. The highest BCUT2D eigenvalue weighted by Crippen LogP contribution is 2.33. The third kappa shape index (κ3) is 3.99. The van der Waals surface area contributed by atoms with Crippen LogP contribution >= 0.6 is 0 Å². The van der Waals surface area contributed by atoms with E-state index < -0.39 is 6.36 Å². The van der Waals surface area contributed by atoms with E-state index in [2.05, 4.69) is 42.0 Å². The monoisotopic (exact) mass is 332 g/mol. The molecule has 3 rings (SSSR count). The Balaban J connectivity index is 1.82. The van der Waals surface area contributed by atoms with Crippen LogP contribution < -0.4 is 4.74 Å². The van der Waals surface area contributed by atoms with E-state index in [-0.39, 0.29) is 5.75 Å². The number of benzene rings is 2. The topological polar surface area (TPSA) is 9.23 Å². The van der Waals surface area contributed by atoms with E-state index in [1.807, 2.05) is 0 Å². The van der Waals surface area contributed by atoms with Crippen molar-refractivity contribution < 1.29 is 17.9 Å². The average molecular weight is 332 g/mol. The van der Waals surface area contributed by atoms with Crippen LogP contribution in [-0.2, 0) is 12.8 Å². The number of alkyl halides is 3. The van der Waals surface area contributed by atoms with E-state index in [0.29, 0.717) is 6.42 Å². The van der Waals surface area contributed by atoms with Gasteiger partial charge in [-0.15, -0.1) is 13.2 Å². The Morgan fingerprint density at radius 1 is 1.00 bits per heavy atom. The molecule has 0 saturated heterocycles. The van der Waals surface area contributed by atoms with Crippen LogP contribution in [0.1, 0.15) is 42.0 Å². The number of rotatable bonds is 4. The zero-order chi connectivity index (χ0) is 17.2. The lowest BCUT2D eigenvalue weighted by Crippen LogP contribution is -2.17. The first kappa shape index (κ1) is 16.6. The van der Waals surface area contributed by atoms with Gasteiger partial charge in [0.2, 0.25) is 0 Å². The molecule has 4 heteroatoms. The van der Waals surface area contributed by atoms with Gasteiger partial charge in [-0.3, -0.25) is 0 Å². The van der Waals surface area contributed by atoms with Gasteiger partial charge in [0.25, 0.3) is 0 Å². The summed E-state index contributed by atoms with van der Waals surface area (Å²) in [5, 5.41) is 0. The van der Waals surface area contributed by atoms with Crippen LogP contribution in [0.15, 0.2) is 42.5 Å². The molecule has 0 N–H and O–H groups in total. The SMILES string of the molecule is CCCc1ccc(C2=Cc3ccc(OC(F)(F)F)cc3CC2)cc1. The molecule has 0 aliphatic heterocycles. The summed E-state index contributed by atoms with van der Waals surface area (Å²) in [5.74, 6) is -0.151. The van der Waals surface area contributed by atoms with Crippen LogP contribution in [0.2, 0.25) is 0 Å². The molecule has 0 aromatic heterocycles.